The maximum absolute atomic E-state index is 12.1. The Morgan fingerprint density at radius 2 is 2.05 bits per heavy atom. The van der Waals surface area contributed by atoms with Crippen molar-refractivity contribution in [2.45, 2.75) is 13.3 Å². The summed E-state index contributed by atoms with van der Waals surface area (Å²) in [5, 5.41) is 11.5. The van der Waals surface area contributed by atoms with E-state index in [4.69, 9.17) is 5.11 Å². The van der Waals surface area contributed by atoms with Crippen LogP contribution in [-0.4, -0.2) is 49.1 Å². The normalized spacial score (nSPS) is 11.0. The van der Waals surface area contributed by atoms with Crippen molar-refractivity contribution in [3.05, 3.63) is 41.0 Å². The third-order valence-electron chi connectivity index (χ3n) is 2.99. The van der Waals surface area contributed by atoms with Gasteiger partial charge in [-0.2, -0.15) is 0 Å². The molecule has 0 aromatic heterocycles. The van der Waals surface area contributed by atoms with Gasteiger partial charge in [0.15, 0.2) is 0 Å². The first kappa shape index (κ1) is 16.9. The van der Waals surface area contributed by atoms with E-state index in [0.717, 1.165) is 24.6 Å². The highest BCUT2D eigenvalue weighted by Gasteiger charge is 2.08. The first-order valence-corrected chi connectivity index (χ1v) is 6.84. The molecule has 1 aromatic carbocycles. The smallest absolute Gasteiger partial charge is 0.328 e. The number of nitrogens with one attached hydrogen (secondary N) is 1. The molecule has 0 aliphatic rings. The highest BCUT2D eigenvalue weighted by Crippen LogP contribution is 2.12. The molecule has 0 radical (unpaired) electrons. The fraction of sp³-hybridized carbons (Fsp3) is 0.375. The van der Waals surface area contributed by atoms with Gasteiger partial charge in [-0.3, -0.25) is 4.79 Å². The van der Waals surface area contributed by atoms with Gasteiger partial charge in [-0.15, -0.1) is 0 Å². The number of hydrogen-bond acceptors (Lipinski definition) is 3. The fourth-order valence-electron chi connectivity index (χ4n) is 1.85. The van der Waals surface area contributed by atoms with Crippen molar-refractivity contribution in [1.82, 2.24) is 10.2 Å². The molecule has 2 N–H and O–H groups in total. The Morgan fingerprint density at radius 1 is 1.33 bits per heavy atom. The molecule has 0 bridgehead atoms. The van der Waals surface area contributed by atoms with Crippen molar-refractivity contribution in [2.75, 3.05) is 27.2 Å². The van der Waals surface area contributed by atoms with Crippen LogP contribution in [0.4, 0.5) is 0 Å². The van der Waals surface area contributed by atoms with E-state index in [2.05, 4.69) is 10.2 Å². The number of carbonyl (C=O) groups excluding carboxylic acids is 1. The van der Waals surface area contributed by atoms with Crippen LogP contribution in [0.3, 0.4) is 0 Å². The average Bonchev–Trinajstić information content (AvgIpc) is 2.42. The molecule has 0 fully saturated rings. The summed E-state index contributed by atoms with van der Waals surface area (Å²) in [6, 6.07) is 5.31. The molecule has 21 heavy (non-hydrogen) atoms. The molecular weight excluding hydrogens is 268 g/mol. The number of aliphatic carboxylic acids is 1. The summed E-state index contributed by atoms with van der Waals surface area (Å²) in [5.41, 5.74) is 2.14. The standard InChI is InChI=1S/C16H22N2O3/c1-12-5-6-13(7-8-15(19)20)11-14(12)16(21)17-9-4-10-18(2)3/h5-8,11H,4,9-10H2,1-3H3,(H,17,21)(H,19,20). The predicted octanol–water partition coefficient (Wildman–Crippen LogP) is 1.77. The Balaban J connectivity index is 2.70. The lowest BCUT2D eigenvalue weighted by molar-refractivity contribution is -0.131. The van der Waals surface area contributed by atoms with Crippen LogP contribution in [0, 0.1) is 6.92 Å². The SMILES string of the molecule is Cc1ccc(C=CC(=O)O)cc1C(=O)NCCCN(C)C. The number of benzene rings is 1. The lowest BCUT2D eigenvalue weighted by Crippen LogP contribution is -2.27. The van der Waals surface area contributed by atoms with E-state index in [0.29, 0.717) is 17.7 Å². The molecule has 1 rings (SSSR count). The van der Waals surface area contributed by atoms with E-state index in [-0.39, 0.29) is 5.91 Å². The molecule has 114 valence electrons. The number of amides is 1. The number of hydrogen-bond donors (Lipinski definition) is 2. The van der Waals surface area contributed by atoms with Crippen LogP contribution in [0.5, 0.6) is 0 Å². The molecule has 0 aliphatic heterocycles. The summed E-state index contributed by atoms with van der Waals surface area (Å²) in [5.74, 6) is -1.14. The molecule has 0 saturated carbocycles. The maximum atomic E-state index is 12.1. The summed E-state index contributed by atoms with van der Waals surface area (Å²) in [6.45, 7) is 3.39. The van der Waals surface area contributed by atoms with E-state index in [1.165, 1.54) is 6.08 Å². The molecular formula is C16H22N2O3. The molecule has 0 atom stereocenters. The lowest BCUT2D eigenvalue weighted by Gasteiger charge is -2.11. The zero-order chi connectivity index (χ0) is 15.8. The van der Waals surface area contributed by atoms with Gasteiger partial charge in [0, 0.05) is 18.2 Å². The lowest BCUT2D eigenvalue weighted by atomic mass is 10.0. The van der Waals surface area contributed by atoms with E-state index >= 15 is 0 Å². The third-order valence-corrected chi connectivity index (χ3v) is 2.99. The van der Waals surface area contributed by atoms with Gasteiger partial charge >= 0.3 is 5.97 Å². The minimum atomic E-state index is -1.01. The molecule has 0 spiro atoms. The number of carboxylic acid groups (broad SMARTS) is 1. The van der Waals surface area contributed by atoms with Gasteiger partial charge in [-0.05, 0) is 57.3 Å². The van der Waals surface area contributed by atoms with Gasteiger partial charge in [0.1, 0.15) is 0 Å². The Hall–Kier alpha value is -2.14. The van der Waals surface area contributed by atoms with Gasteiger partial charge in [0.2, 0.25) is 0 Å². The second-order valence-corrected chi connectivity index (χ2v) is 5.16. The van der Waals surface area contributed by atoms with Crippen molar-refractivity contribution in [2.24, 2.45) is 0 Å². The highest BCUT2D eigenvalue weighted by atomic mass is 16.4. The van der Waals surface area contributed by atoms with Gasteiger partial charge < -0.3 is 15.3 Å². The number of carbonyl (C=O) groups is 2. The number of aryl methyl sites for hydroxylation is 1. The van der Waals surface area contributed by atoms with Crippen LogP contribution in [0.15, 0.2) is 24.3 Å². The van der Waals surface area contributed by atoms with Crippen molar-refractivity contribution in [1.29, 1.82) is 0 Å². The molecule has 0 heterocycles. The first-order chi connectivity index (χ1) is 9.90. The topological polar surface area (TPSA) is 69.6 Å². The van der Waals surface area contributed by atoms with Gasteiger partial charge in [-0.25, -0.2) is 4.79 Å². The zero-order valence-corrected chi connectivity index (χ0v) is 12.7. The Labute approximate surface area is 125 Å². The Kier molecular flexibility index (Phi) is 6.62. The minimum Gasteiger partial charge on any atom is -0.478 e. The quantitative estimate of drug-likeness (QED) is 0.593. The van der Waals surface area contributed by atoms with Gasteiger partial charge in [0.25, 0.3) is 5.91 Å². The largest absolute Gasteiger partial charge is 0.478 e. The number of nitrogens with zero attached hydrogens (tertiary/aromatic N) is 1. The zero-order valence-electron chi connectivity index (χ0n) is 12.7. The second kappa shape index (κ2) is 8.21. The summed E-state index contributed by atoms with van der Waals surface area (Å²) in [4.78, 5) is 24.7. The minimum absolute atomic E-state index is 0.128. The molecule has 5 nitrogen and oxygen atoms in total. The van der Waals surface area contributed by atoms with Crippen LogP contribution in [0.1, 0.15) is 27.9 Å². The molecule has 1 aromatic rings. The van der Waals surface area contributed by atoms with Crippen LogP contribution in [0.2, 0.25) is 0 Å². The molecule has 0 aliphatic carbocycles. The summed E-state index contributed by atoms with van der Waals surface area (Å²) in [7, 11) is 3.98. The van der Waals surface area contributed by atoms with E-state index in [1.54, 1.807) is 12.1 Å². The average molecular weight is 290 g/mol. The van der Waals surface area contributed by atoms with Crippen LogP contribution in [0.25, 0.3) is 6.08 Å². The van der Waals surface area contributed by atoms with Crippen molar-refractivity contribution < 1.29 is 14.7 Å². The van der Waals surface area contributed by atoms with E-state index < -0.39 is 5.97 Å². The molecule has 1 amide bonds. The van der Waals surface area contributed by atoms with Crippen LogP contribution < -0.4 is 5.32 Å². The van der Waals surface area contributed by atoms with Gasteiger partial charge in [0.05, 0.1) is 0 Å². The summed E-state index contributed by atoms with van der Waals surface area (Å²) >= 11 is 0. The highest BCUT2D eigenvalue weighted by molar-refractivity contribution is 5.96. The fourth-order valence-corrected chi connectivity index (χ4v) is 1.85. The maximum Gasteiger partial charge on any atom is 0.328 e. The Bertz CT molecular complexity index is 536. The monoisotopic (exact) mass is 290 g/mol. The number of rotatable bonds is 7. The molecule has 5 heteroatoms. The molecule has 0 saturated heterocycles. The van der Waals surface area contributed by atoms with Crippen molar-refractivity contribution in [3.8, 4) is 0 Å². The Morgan fingerprint density at radius 3 is 2.67 bits per heavy atom. The first-order valence-electron chi connectivity index (χ1n) is 6.84. The van der Waals surface area contributed by atoms with Crippen molar-refractivity contribution in [3.63, 3.8) is 0 Å². The summed E-state index contributed by atoms with van der Waals surface area (Å²) in [6.07, 6.45) is 3.42. The van der Waals surface area contributed by atoms with Gasteiger partial charge in [-0.1, -0.05) is 12.1 Å². The third kappa shape index (κ3) is 6.23. The van der Waals surface area contributed by atoms with Crippen molar-refractivity contribution >= 4 is 18.0 Å². The number of carboxylic acids is 1. The van der Waals surface area contributed by atoms with Crippen LogP contribution in [-0.2, 0) is 4.79 Å². The molecule has 0 unspecified atom stereocenters. The van der Waals surface area contributed by atoms with E-state index in [9.17, 15) is 9.59 Å². The van der Waals surface area contributed by atoms with E-state index in [1.807, 2.05) is 27.1 Å². The second-order valence-electron chi connectivity index (χ2n) is 5.16. The predicted molar refractivity (Wildman–Crippen MR) is 83.4 cm³/mol. The van der Waals surface area contributed by atoms with Crippen LogP contribution >= 0.6 is 0 Å². The summed E-state index contributed by atoms with van der Waals surface area (Å²) < 4.78 is 0.